The maximum absolute atomic E-state index is 12.7. The highest BCUT2D eigenvalue weighted by Gasteiger charge is 2.31. The van der Waals surface area contributed by atoms with E-state index in [0.29, 0.717) is 4.47 Å². The highest BCUT2D eigenvalue weighted by atomic mass is 79.9. The van der Waals surface area contributed by atoms with Gasteiger partial charge in [0, 0.05) is 27.0 Å². The number of anilines is 1. The van der Waals surface area contributed by atoms with Crippen molar-refractivity contribution in [2.75, 3.05) is 5.32 Å². The molecule has 2 rings (SSSR count). The number of carbonyl (C=O) groups excluding carboxylic acids is 1. The van der Waals surface area contributed by atoms with Gasteiger partial charge in [-0.1, -0.05) is 15.9 Å². The molecule has 0 fully saturated rings. The maximum Gasteiger partial charge on any atom is 0.416 e. The third-order valence-corrected chi connectivity index (χ3v) is 3.34. The number of pyridine rings is 1. The van der Waals surface area contributed by atoms with E-state index in [2.05, 4.69) is 42.2 Å². The van der Waals surface area contributed by atoms with Crippen molar-refractivity contribution in [2.45, 2.75) is 6.18 Å². The largest absolute Gasteiger partial charge is 0.416 e. The Kier molecular flexibility index (Phi) is 4.67. The molecule has 0 saturated carbocycles. The summed E-state index contributed by atoms with van der Waals surface area (Å²) in [7, 11) is 0. The van der Waals surface area contributed by atoms with Crippen LogP contribution in [0.15, 0.2) is 45.6 Å². The number of nitrogens with zero attached hydrogens (tertiary/aromatic N) is 1. The van der Waals surface area contributed by atoms with Crippen LogP contribution in [0.1, 0.15) is 15.9 Å². The summed E-state index contributed by atoms with van der Waals surface area (Å²) in [6.45, 7) is 0. The fourth-order valence-electron chi connectivity index (χ4n) is 1.56. The molecule has 0 aliphatic rings. The summed E-state index contributed by atoms with van der Waals surface area (Å²) in [6.07, 6.45) is -1.67. The second-order valence-corrected chi connectivity index (χ2v) is 5.90. The molecule has 0 bridgehead atoms. The monoisotopic (exact) mass is 422 g/mol. The molecule has 1 aromatic carbocycles. The Morgan fingerprint density at radius 1 is 1.05 bits per heavy atom. The van der Waals surface area contributed by atoms with Crippen LogP contribution < -0.4 is 5.32 Å². The molecule has 0 aliphatic heterocycles. The van der Waals surface area contributed by atoms with Gasteiger partial charge in [-0.3, -0.25) is 9.78 Å². The zero-order valence-corrected chi connectivity index (χ0v) is 13.4. The van der Waals surface area contributed by atoms with Gasteiger partial charge >= 0.3 is 6.18 Å². The minimum absolute atomic E-state index is 0.0432. The van der Waals surface area contributed by atoms with Crippen molar-refractivity contribution < 1.29 is 18.0 Å². The average molecular weight is 424 g/mol. The van der Waals surface area contributed by atoms with Crippen LogP contribution in [0.3, 0.4) is 0 Å². The van der Waals surface area contributed by atoms with Crippen molar-refractivity contribution >= 4 is 43.5 Å². The topological polar surface area (TPSA) is 42.0 Å². The average Bonchev–Trinajstić information content (AvgIpc) is 2.37. The van der Waals surface area contributed by atoms with E-state index in [4.69, 9.17) is 0 Å². The molecule has 110 valence electrons. The Morgan fingerprint density at radius 2 is 1.76 bits per heavy atom. The predicted molar refractivity (Wildman–Crippen MR) is 79.0 cm³/mol. The quantitative estimate of drug-likeness (QED) is 0.748. The molecule has 3 nitrogen and oxygen atoms in total. The number of amides is 1. The molecule has 1 aromatic heterocycles. The van der Waals surface area contributed by atoms with Gasteiger partial charge in [0.25, 0.3) is 5.91 Å². The Morgan fingerprint density at radius 3 is 2.38 bits per heavy atom. The van der Waals surface area contributed by atoms with Crippen molar-refractivity contribution in [3.05, 3.63) is 56.7 Å². The molecule has 0 aliphatic carbocycles. The lowest BCUT2D eigenvalue weighted by molar-refractivity contribution is -0.137. The Labute approximate surface area is 134 Å². The lowest BCUT2D eigenvalue weighted by atomic mass is 10.2. The second-order valence-electron chi connectivity index (χ2n) is 4.07. The third kappa shape index (κ3) is 4.28. The molecule has 0 unspecified atom stereocenters. The van der Waals surface area contributed by atoms with Crippen molar-refractivity contribution in [1.82, 2.24) is 4.98 Å². The Hall–Kier alpha value is -1.41. The molecule has 8 heteroatoms. The molecule has 0 atom stereocenters. The third-order valence-electron chi connectivity index (χ3n) is 2.45. The van der Waals surface area contributed by atoms with Gasteiger partial charge < -0.3 is 5.32 Å². The molecule has 0 saturated heterocycles. The number of hydrogen-bond acceptors (Lipinski definition) is 2. The van der Waals surface area contributed by atoms with Crippen molar-refractivity contribution in [1.29, 1.82) is 0 Å². The van der Waals surface area contributed by atoms with Crippen LogP contribution in [0.2, 0.25) is 0 Å². The number of benzene rings is 1. The van der Waals surface area contributed by atoms with E-state index >= 15 is 0 Å². The summed E-state index contributed by atoms with van der Waals surface area (Å²) in [5.41, 5.74) is -0.570. The second kappa shape index (κ2) is 6.15. The molecule has 1 N–H and O–H groups in total. The summed E-state index contributed by atoms with van der Waals surface area (Å²) in [6, 6.07) is 4.72. The smallest absolute Gasteiger partial charge is 0.322 e. The zero-order chi connectivity index (χ0) is 15.6. The molecular formula is C13H7Br2F3N2O. The normalized spacial score (nSPS) is 11.3. The van der Waals surface area contributed by atoms with E-state index in [1.165, 1.54) is 24.5 Å². The van der Waals surface area contributed by atoms with Crippen LogP contribution in [-0.2, 0) is 6.18 Å². The molecule has 1 heterocycles. The maximum atomic E-state index is 12.7. The van der Waals surface area contributed by atoms with Crippen LogP contribution in [0, 0.1) is 0 Å². The summed E-state index contributed by atoms with van der Waals surface area (Å²) < 4.78 is 39.0. The summed E-state index contributed by atoms with van der Waals surface area (Å²) in [5, 5.41) is 2.41. The van der Waals surface area contributed by atoms with E-state index in [1.807, 2.05) is 0 Å². The van der Waals surface area contributed by atoms with E-state index in [1.54, 1.807) is 0 Å². The number of halogens is 5. The molecule has 2 aromatic rings. The van der Waals surface area contributed by atoms with Gasteiger partial charge in [0.05, 0.1) is 11.1 Å². The molecule has 1 amide bonds. The van der Waals surface area contributed by atoms with E-state index < -0.39 is 17.6 Å². The molecular weight excluding hydrogens is 417 g/mol. The molecule has 21 heavy (non-hydrogen) atoms. The van der Waals surface area contributed by atoms with Crippen LogP contribution in [0.4, 0.5) is 18.9 Å². The van der Waals surface area contributed by atoms with Crippen LogP contribution in [0.5, 0.6) is 0 Å². The van der Waals surface area contributed by atoms with Crippen LogP contribution >= 0.6 is 31.9 Å². The number of alkyl halides is 3. The van der Waals surface area contributed by atoms with Crippen molar-refractivity contribution in [3.63, 3.8) is 0 Å². The first-order valence-corrected chi connectivity index (χ1v) is 7.14. The zero-order valence-electron chi connectivity index (χ0n) is 10.2. The van der Waals surface area contributed by atoms with Crippen LogP contribution in [0.25, 0.3) is 0 Å². The number of hydrogen-bond donors (Lipinski definition) is 1. The standard InChI is InChI=1S/C13H7Br2F3N2O/c14-9-2-8(13(16,17)18)3-11(4-9)20-12(21)7-1-10(15)6-19-5-7/h1-6H,(H,20,21). The first-order chi connectivity index (χ1) is 9.75. The summed E-state index contributed by atoms with van der Waals surface area (Å²) in [4.78, 5) is 15.8. The van der Waals surface area contributed by atoms with Gasteiger partial charge in [-0.15, -0.1) is 0 Å². The van der Waals surface area contributed by atoms with E-state index in [-0.39, 0.29) is 15.7 Å². The van der Waals surface area contributed by atoms with E-state index in [9.17, 15) is 18.0 Å². The van der Waals surface area contributed by atoms with Crippen molar-refractivity contribution in [2.24, 2.45) is 0 Å². The predicted octanol–water partition coefficient (Wildman–Crippen LogP) is 4.88. The number of carbonyl (C=O) groups is 1. The molecule has 0 spiro atoms. The highest BCUT2D eigenvalue weighted by molar-refractivity contribution is 9.10. The van der Waals surface area contributed by atoms with Gasteiger partial charge in [-0.25, -0.2) is 0 Å². The van der Waals surface area contributed by atoms with Gasteiger partial charge in [-0.05, 0) is 40.2 Å². The van der Waals surface area contributed by atoms with Crippen molar-refractivity contribution in [3.8, 4) is 0 Å². The van der Waals surface area contributed by atoms with E-state index in [0.717, 1.165) is 12.1 Å². The summed E-state index contributed by atoms with van der Waals surface area (Å²) in [5.74, 6) is -0.546. The first kappa shape index (κ1) is 16.0. The van der Waals surface area contributed by atoms with Gasteiger partial charge in [0.2, 0.25) is 0 Å². The fraction of sp³-hybridized carbons (Fsp3) is 0.0769. The minimum atomic E-state index is -4.49. The van der Waals surface area contributed by atoms with Gasteiger partial charge in [0.15, 0.2) is 0 Å². The Bertz CT molecular complexity index is 689. The minimum Gasteiger partial charge on any atom is -0.322 e. The van der Waals surface area contributed by atoms with Gasteiger partial charge in [-0.2, -0.15) is 13.2 Å². The number of rotatable bonds is 2. The first-order valence-electron chi connectivity index (χ1n) is 5.55. The number of aromatic nitrogens is 1. The fourth-order valence-corrected chi connectivity index (χ4v) is 2.42. The summed E-state index contributed by atoms with van der Waals surface area (Å²) >= 11 is 6.16. The van der Waals surface area contributed by atoms with Gasteiger partial charge in [0.1, 0.15) is 0 Å². The SMILES string of the molecule is O=C(Nc1cc(Br)cc(C(F)(F)F)c1)c1cncc(Br)c1. The highest BCUT2D eigenvalue weighted by Crippen LogP contribution is 2.33. The lowest BCUT2D eigenvalue weighted by Gasteiger charge is -2.11. The number of nitrogens with one attached hydrogen (secondary N) is 1. The lowest BCUT2D eigenvalue weighted by Crippen LogP contribution is -2.13. The Balaban J connectivity index is 2.27. The van der Waals surface area contributed by atoms with Crippen LogP contribution in [-0.4, -0.2) is 10.9 Å². The molecule has 0 radical (unpaired) electrons.